The molecule has 2 aliphatic rings. The van der Waals surface area contributed by atoms with Gasteiger partial charge in [0.05, 0.1) is 12.1 Å². The van der Waals surface area contributed by atoms with E-state index >= 15 is 0 Å². The Morgan fingerprint density at radius 2 is 2.16 bits per heavy atom. The SMILES string of the molecule is COc1cc(NC2CCN3CCCCC23)ccc1Cl. The molecule has 0 bridgehead atoms. The number of benzene rings is 1. The van der Waals surface area contributed by atoms with Crippen LogP contribution in [0.3, 0.4) is 0 Å². The molecule has 1 aromatic carbocycles. The summed E-state index contributed by atoms with van der Waals surface area (Å²) >= 11 is 6.06. The quantitative estimate of drug-likeness (QED) is 0.919. The Morgan fingerprint density at radius 3 is 3.00 bits per heavy atom. The van der Waals surface area contributed by atoms with Crippen molar-refractivity contribution in [2.24, 2.45) is 0 Å². The third kappa shape index (κ3) is 2.67. The molecule has 2 aliphatic heterocycles. The molecule has 104 valence electrons. The van der Waals surface area contributed by atoms with Gasteiger partial charge in [0.25, 0.3) is 0 Å². The van der Waals surface area contributed by atoms with Gasteiger partial charge in [0.15, 0.2) is 0 Å². The second kappa shape index (κ2) is 5.59. The molecule has 2 unspecified atom stereocenters. The van der Waals surface area contributed by atoms with E-state index in [1.54, 1.807) is 7.11 Å². The van der Waals surface area contributed by atoms with Crippen molar-refractivity contribution in [1.29, 1.82) is 0 Å². The van der Waals surface area contributed by atoms with Crippen LogP contribution in [-0.2, 0) is 0 Å². The molecule has 2 saturated heterocycles. The lowest BCUT2D eigenvalue weighted by molar-refractivity contribution is 0.193. The minimum absolute atomic E-state index is 0.561. The fraction of sp³-hybridized carbons (Fsp3) is 0.600. The smallest absolute Gasteiger partial charge is 0.139 e. The number of nitrogens with one attached hydrogen (secondary N) is 1. The molecule has 4 heteroatoms. The van der Waals surface area contributed by atoms with E-state index in [1.165, 1.54) is 38.8 Å². The predicted molar refractivity (Wildman–Crippen MR) is 79.2 cm³/mol. The summed E-state index contributed by atoms with van der Waals surface area (Å²) in [6, 6.07) is 7.20. The van der Waals surface area contributed by atoms with Gasteiger partial charge in [-0.3, -0.25) is 4.90 Å². The lowest BCUT2D eigenvalue weighted by Crippen LogP contribution is -2.41. The number of fused-ring (bicyclic) bond motifs is 1. The summed E-state index contributed by atoms with van der Waals surface area (Å²) < 4.78 is 5.27. The number of piperidine rings is 1. The second-order valence-corrected chi connectivity index (χ2v) is 5.90. The van der Waals surface area contributed by atoms with Crippen LogP contribution in [-0.4, -0.2) is 37.2 Å². The van der Waals surface area contributed by atoms with Crippen LogP contribution in [0.25, 0.3) is 0 Å². The van der Waals surface area contributed by atoms with E-state index < -0.39 is 0 Å². The Balaban J connectivity index is 1.71. The molecular formula is C15H21ClN2O. The average Bonchev–Trinajstić information content (AvgIpc) is 2.84. The average molecular weight is 281 g/mol. The molecule has 1 aromatic rings. The van der Waals surface area contributed by atoms with Gasteiger partial charge >= 0.3 is 0 Å². The minimum atomic E-state index is 0.561. The van der Waals surface area contributed by atoms with Crippen LogP contribution in [0.1, 0.15) is 25.7 Å². The molecule has 3 rings (SSSR count). The van der Waals surface area contributed by atoms with Crippen molar-refractivity contribution in [1.82, 2.24) is 4.90 Å². The zero-order valence-electron chi connectivity index (χ0n) is 11.4. The van der Waals surface area contributed by atoms with E-state index in [0.717, 1.165) is 11.4 Å². The lowest BCUT2D eigenvalue weighted by Gasteiger charge is -2.33. The zero-order valence-corrected chi connectivity index (χ0v) is 12.1. The van der Waals surface area contributed by atoms with Gasteiger partial charge in [0.1, 0.15) is 5.75 Å². The highest BCUT2D eigenvalue weighted by molar-refractivity contribution is 6.32. The van der Waals surface area contributed by atoms with Crippen LogP contribution in [0.2, 0.25) is 5.02 Å². The fourth-order valence-electron chi connectivity index (χ4n) is 3.38. The molecule has 0 amide bonds. The number of hydrogen-bond donors (Lipinski definition) is 1. The molecule has 19 heavy (non-hydrogen) atoms. The van der Waals surface area contributed by atoms with Crippen LogP contribution >= 0.6 is 11.6 Å². The van der Waals surface area contributed by atoms with Gasteiger partial charge in [0.2, 0.25) is 0 Å². The molecule has 0 radical (unpaired) electrons. The maximum absolute atomic E-state index is 6.06. The standard InChI is InChI=1S/C15H21ClN2O/c1-19-15-10-11(5-6-12(15)16)17-13-7-9-18-8-3-2-4-14(13)18/h5-6,10,13-14,17H,2-4,7-9H2,1H3. The number of rotatable bonds is 3. The van der Waals surface area contributed by atoms with Crippen LogP contribution in [0.15, 0.2) is 18.2 Å². The first-order chi connectivity index (χ1) is 9.28. The number of hydrogen-bond acceptors (Lipinski definition) is 3. The molecule has 3 nitrogen and oxygen atoms in total. The van der Waals surface area contributed by atoms with Gasteiger partial charge in [-0.25, -0.2) is 0 Å². The largest absolute Gasteiger partial charge is 0.495 e. The third-order valence-corrected chi connectivity index (χ3v) is 4.67. The van der Waals surface area contributed by atoms with Crippen molar-refractivity contribution < 1.29 is 4.74 Å². The maximum atomic E-state index is 6.06. The summed E-state index contributed by atoms with van der Waals surface area (Å²) in [5.74, 6) is 0.741. The molecule has 2 atom stereocenters. The highest BCUT2D eigenvalue weighted by atomic mass is 35.5. The molecule has 0 spiro atoms. The topological polar surface area (TPSA) is 24.5 Å². The molecular weight excluding hydrogens is 260 g/mol. The Kier molecular flexibility index (Phi) is 3.85. The van der Waals surface area contributed by atoms with Crippen molar-refractivity contribution in [3.63, 3.8) is 0 Å². The predicted octanol–water partition coefficient (Wildman–Crippen LogP) is 3.39. The van der Waals surface area contributed by atoms with Crippen LogP contribution < -0.4 is 10.1 Å². The number of nitrogens with zero attached hydrogens (tertiary/aromatic N) is 1. The number of methoxy groups -OCH3 is 1. The van der Waals surface area contributed by atoms with E-state index in [0.29, 0.717) is 17.1 Å². The van der Waals surface area contributed by atoms with E-state index in [9.17, 15) is 0 Å². The minimum Gasteiger partial charge on any atom is -0.495 e. The Hall–Kier alpha value is -0.930. The monoisotopic (exact) mass is 280 g/mol. The molecule has 2 fully saturated rings. The Bertz CT molecular complexity index is 452. The highest BCUT2D eigenvalue weighted by Gasteiger charge is 2.35. The fourth-order valence-corrected chi connectivity index (χ4v) is 3.57. The van der Waals surface area contributed by atoms with Crippen molar-refractivity contribution >= 4 is 17.3 Å². The lowest BCUT2D eigenvalue weighted by atomic mass is 9.99. The summed E-state index contributed by atoms with van der Waals surface area (Å²) in [6.07, 6.45) is 5.28. The summed E-state index contributed by atoms with van der Waals surface area (Å²) in [5, 5.41) is 4.33. The Labute approximate surface area is 119 Å². The van der Waals surface area contributed by atoms with Gasteiger partial charge in [-0.1, -0.05) is 18.0 Å². The first-order valence-corrected chi connectivity index (χ1v) is 7.50. The summed E-state index contributed by atoms with van der Waals surface area (Å²) in [4.78, 5) is 2.63. The van der Waals surface area contributed by atoms with Crippen molar-refractivity contribution in [2.75, 3.05) is 25.5 Å². The Morgan fingerprint density at radius 1 is 1.26 bits per heavy atom. The van der Waals surface area contributed by atoms with E-state index in [1.807, 2.05) is 18.2 Å². The zero-order chi connectivity index (χ0) is 13.2. The molecule has 0 aliphatic carbocycles. The van der Waals surface area contributed by atoms with Gasteiger partial charge in [-0.2, -0.15) is 0 Å². The van der Waals surface area contributed by atoms with Gasteiger partial charge in [-0.05, 0) is 37.9 Å². The van der Waals surface area contributed by atoms with E-state index in [-0.39, 0.29) is 0 Å². The normalized spacial score (nSPS) is 27.1. The van der Waals surface area contributed by atoms with E-state index in [4.69, 9.17) is 16.3 Å². The van der Waals surface area contributed by atoms with Crippen LogP contribution in [0.4, 0.5) is 5.69 Å². The van der Waals surface area contributed by atoms with Crippen LogP contribution in [0, 0.1) is 0 Å². The second-order valence-electron chi connectivity index (χ2n) is 5.49. The highest BCUT2D eigenvalue weighted by Crippen LogP contribution is 2.32. The van der Waals surface area contributed by atoms with Gasteiger partial charge in [-0.15, -0.1) is 0 Å². The van der Waals surface area contributed by atoms with Gasteiger partial charge < -0.3 is 10.1 Å². The number of ether oxygens (including phenoxy) is 1. The summed E-state index contributed by atoms with van der Waals surface area (Å²) in [5.41, 5.74) is 1.11. The summed E-state index contributed by atoms with van der Waals surface area (Å²) in [6.45, 7) is 2.50. The van der Waals surface area contributed by atoms with Crippen molar-refractivity contribution in [3.8, 4) is 5.75 Å². The molecule has 0 saturated carbocycles. The maximum Gasteiger partial charge on any atom is 0.139 e. The number of anilines is 1. The van der Waals surface area contributed by atoms with Crippen molar-refractivity contribution in [2.45, 2.75) is 37.8 Å². The van der Waals surface area contributed by atoms with Crippen LogP contribution in [0.5, 0.6) is 5.75 Å². The summed E-state index contributed by atoms with van der Waals surface area (Å²) in [7, 11) is 1.66. The molecule has 1 N–H and O–H groups in total. The van der Waals surface area contributed by atoms with E-state index in [2.05, 4.69) is 10.2 Å². The molecule has 0 aromatic heterocycles. The number of halogens is 1. The first-order valence-electron chi connectivity index (χ1n) is 7.12. The van der Waals surface area contributed by atoms with Crippen molar-refractivity contribution in [3.05, 3.63) is 23.2 Å². The van der Waals surface area contributed by atoms with Gasteiger partial charge in [0, 0.05) is 30.4 Å². The molecule has 2 heterocycles. The first kappa shape index (κ1) is 13.1. The third-order valence-electron chi connectivity index (χ3n) is 4.36.